The molecular formula is C19H15N5O. The van der Waals surface area contributed by atoms with Crippen LogP contribution in [0.15, 0.2) is 60.8 Å². The van der Waals surface area contributed by atoms with Gasteiger partial charge in [-0.15, -0.1) is 0 Å². The van der Waals surface area contributed by atoms with Crippen LogP contribution in [0, 0.1) is 18.3 Å². The Bertz CT molecular complexity index is 962. The molecule has 0 radical (unpaired) electrons. The van der Waals surface area contributed by atoms with E-state index in [4.69, 9.17) is 5.26 Å². The van der Waals surface area contributed by atoms with Crippen molar-refractivity contribution in [2.24, 2.45) is 0 Å². The number of rotatable bonds is 4. The lowest BCUT2D eigenvalue weighted by Crippen LogP contribution is -2.14. The van der Waals surface area contributed by atoms with Crippen LogP contribution in [-0.4, -0.2) is 15.9 Å². The smallest absolute Gasteiger partial charge is 0.274 e. The summed E-state index contributed by atoms with van der Waals surface area (Å²) in [5.41, 5.74) is 3.04. The van der Waals surface area contributed by atoms with Crippen LogP contribution in [0.3, 0.4) is 0 Å². The van der Waals surface area contributed by atoms with Gasteiger partial charge in [-0.3, -0.25) is 4.79 Å². The van der Waals surface area contributed by atoms with E-state index in [9.17, 15) is 4.79 Å². The van der Waals surface area contributed by atoms with Crippen LogP contribution in [0.4, 0.5) is 17.3 Å². The van der Waals surface area contributed by atoms with Crippen LogP contribution in [0.25, 0.3) is 0 Å². The van der Waals surface area contributed by atoms with Gasteiger partial charge in [0.1, 0.15) is 11.8 Å². The topological polar surface area (TPSA) is 90.7 Å². The van der Waals surface area contributed by atoms with Crippen molar-refractivity contribution in [3.63, 3.8) is 0 Å². The Morgan fingerprint density at radius 2 is 1.96 bits per heavy atom. The maximum absolute atomic E-state index is 12.4. The summed E-state index contributed by atoms with van der Waals surface area (Å²) in [6.07, 6.45) is 1.50. The Balaban J connectivity index is 1.79. The molecule has 3 rings (SSSR count). The van der Waals surface area contributed by atoms with Gasteiger partial charge in [0, 0.05) is 11.9 Å². The largest absolute Gasteiger partial charge is 0.323 e. The normalized spacial score (nSPS) is 9.92. The highest BCUT2D eigenvalue weighted by molar-refractivity contribution is 6.03. The number of carbonyl (C=O) groups excluding carboxylic acids is 1. The van der Waals surface area contributed by atoms with Gasteiger partial charge in [0.15, 0.2) is 0 Å². The minimum absolute atomic E-state index is 0.230. The lowest BCUT2D eigenvalue weighted by Gasteiger charge is -2.08. The van der Waals surface area contributed by atoms with Crippen molar-refractivity contribution in [2.75, 3.05) is 10.6 Å². The highest BCUT2D eigenvalue weighted by Crippen LogP contribution is 2.18. The van der Waals surface area contributed by atoms with Gasteiger partial charge in [-0.25, -0.2) is 9.97 Å². The van der Waals surface area contributed by atoms with Crippen molar-refractivity contribution in [3.05, 3.63) is 77.6 Å². The number of carbonyl (C=O) groups is 1. The molecule has 6 nitrogen and oxygen atoms in total. The van der Waals surface area contributed by atoms with Crippen LogP contribution < -0.4 is 10.6 Å². The minimum atomic E-state index is -0.329. The lowest BCUT2D eigenvalue weighted by molar-refractivity contribution is 0.102. The molecule has 6 heteroatoms. The summed E-state index contributed by atoms with van der Waals surface area (Å²) < 4.78 is 0. The summed E-state index contributed by atoms with van der Waals surface area (Å²) >= 11 is 0. The van der Waals surface area contributed by atoms with Crippen LogP contribution in [-0.2, 0) is 0 Å². The zero-order valence-electron chi connectivity index (χ0n) is 13.5. The van der Waals surface area contributed by atoms with Gasteiger partial charge >= 0.3 is 0 Å². The Labute approximate surface area is 145 Å². The maximum atomic E-state index is 12.4. The molecule has 0 aliphatic heterocycles. The van der Waals surface area contributed by atoms with E-state index in [1.165, 1.54) is 12.3 Å². The van der Waals surface area contributed by atoms with E-state index in [1.807, 2.05) is 31.2 Å². The average molecular weight is 329 g/mol. The molecule has 1 amide bonds. The summed E-state index contributed by atoms with van der Waals surface area (Å²) in [4.78, 5) is 20.7. The van der Waals surface area contributed by atoms with Gasteiger partial charge < -0.3 is 10.6 Å². The fraction of sp³-hybridized carbons (Fsp3) is 0.0526. The molecule has 0 aliphatic carbocycles. The number of amides is 1. The summed E-state index contributed by atoms with van der Waals surface area (Å²) in [5.74, 6) is -0.0794. The van der Waals surface area contributed by atoms with E-state index in [2.05, 4.69) is 26.7 Å². The first-order valence-corrected chi connectivity index (χ1v) is 7.63. The predicted octanol–water partition coefficient (Wildman–Crippen LogP) is 3.65. The summed E-state index contributed by atoms with van der Waals surface area (Å²) in [7, 11) is 0. The quantitative estimate of drug-likeness (QED) is 0.762. The Kier molecular flexibility index (Phi) is 4.67. The molecular weight excluding hydrogens is 314 g/mol. The van der Waals surface area contributed by atoms with Crippen molar-refractivity contribution < 1.29 is 4.79 Å². The molecule has 2 N–H and O–H groups in total. The molecule has 0 aliphatic rings. The number of nitriles is 1. The van der Waals surface area contributed by atoms with Crippen molar-refractivity contribution in [1.82, 2.24) is 9.97 Å². The van der Waals surface area contributed by atoms with Crippen LogP contribution in [0.2, 0.25) is 0 Å². The van der Waals surface area contributed by atoms with Crippen molar-refractivity contribution in [1.29, 1.82) is 5.26 Å². The third-order valence-electron chi connectivity index (χ3n) is 3.46. The van der Waals surface area contributed by atoms with Gasteiger partial charge in [-0.05, 0) is 42.8 Å². The first-order chi connectivity index (χ1) is 12.2. The fourth-order valence-electron chi connectivity index (χ4n) is 2.27. The fourth-order valence-corrected chi connectivity index (χ4v) is 2.27. The molecule has 3 aromatic rings. The monoisotopic (exact) mass is 329 g/mol. The standard InChI is InChI=1S/C19H15N5O/c1-13-5-4-7-15(11-13)22-18(25)17-9-10-21-19(24-17)23-16-8-3-2-6-14(16)12-20/h2-11H,1H3,(H,22,25)(H,21,23,24). The average Bonchev–Trinajstić information content (AvgIpc) is 2.62. The third-order valence-corrected chi connectivity index (χ3v) is 3.46. The van der Waals surface area contributed by atoms with Gasteiger partial charge in [-0.1, -0.05) is 24.3 Å². The summed E-state index contributed by atoms with van der Waals surface area (Å²) in [5, 5.41) is 14.9. The highest BCUT2D eigenvalue weighted by Gasteiger charge is 2.10. The highest BCUT2D eigenvalue weighted by atomic mass is 16.1. The molecule has 0 spiro atoms. The molecule has 0 fully saturated rings. The number of nitrogens with zero attached hydrogens (tertiary/aromatic N) is 3. The Morgan fingerprint density at radius 1 is 1.12 bits per heavy atom. The van der Waals surface area contributed by atoms with E-state index in [0.717, 1.165) is 5.56 Å². The number of nitrogens with one attached hydrogen (secondary N) is 2. The van der Waals surface area contributed by atoms with E-state index in [0.29, 0.717) is 16.9 Å². The Morgan fingerprint density at radius 3 is 2.76 bits per heavy atom. The number of aryl methyl sites for hydroxylation is 1. The molecule has 25 heavy (non-hydrogen) atoms. The molecule has 0 saturated carbocycles. The summed E-state index contributed by atoms with van der Waals surface area (Å²) in [6.45, 7) is 1.95. The number of hydrogen-bond donors (Lipinski definition) is 2. The first kappa shape index (κ1) is 16.1. The van der Waals surface area contributed by atoms with E-state index in [1.54, 1.807) is 24.3 Å². The van der Waals surface area contributed by atoms with Gasteiger partial charge in [0.05, 0.1) is 11.3 Å². The van der Waals surface area contributed by atoms with Gasteiger partial charge in [0.25, 0.3) is 5.91 Å². The second kappa shape index (κ2) is 7.23. The molecule has 0 saturated heterocycles. The molecule has 1 aromatic heterocycles. The van der Waals surface area contributed by atoms with Crippen molar-refractivity contribution >= 4 is 23.2 Å². The maximum Gasteiger partial charge on any atom is 0.274 e. The van der Waals surface area contributed by atoms with Crippen LogP contribution in [0.1, 0.15) is 21.6 Å². The predicted molar refractivity (Wildman–Crippen MR) is 95.6 cm³/mol. The molecule has 0 bridgehead atoms. The molecule has 2 aromatic carbocycles. The third kappa shape index (κ3) is 3.98. The number of anilines is 3. The number of para-hydroxylation sites is 1. The number of benzene rings is 2. The number of hydrogen-bond acceptors (Lipinski definition) is 5. The minimum Gasteiger partial charge on any atom is -0.323 e. The van der Waals surface area contributed by atoms with Gasteiger partial charge in [0.2, 0.25) is 5.95 Å². The first-order valence-electron chi connectivity index (χ1n) is 7.63. The Hall–Kier alpha value is -3.72. The number of aromatic nitrogens is 2. The van der Waals surface area contributed by atoms with E-state index >= 15 is 0 Å². The van der Waals surface area contributed by atoms with Crippen molar-refractivity contribution in [3.8, 4) is 6.07 Å². The zero-order valence-corrected chi connectivity index (χ0v) is 13.5. The van der Waals surface area contributed by atoms with E-state index < -0.39 is 0 Å². The summed E-state index contributed by atoms with van der Waals surface area (Å²) in [6, 6.07) is 18.2. The second-order valence-corrected chi connectivity index (χ2v) is 5.37. The zero-order chi connectivity index (χ0) is 17.6. The van der Waals surface area contributed by atoms with Crippen LogP contribution in [0.5, 0.6) is 0 Å². The second-order valence-electron chi connectivity index (χ2n) is 5.37. The molecule has 1 heterocycles. The van der Waals surface area contributed by atoms with E-state index in [-0.39, 0.29) is 17.5 Å². The van der Waals surface area contributed by atoms with Gasteiger partial charge in [-0.2, -0.15) is 5.26 Å². The van der Waals surface area contributed by atoms with Crippen molar-refractivity contribution in [2.45, 2.75) is 6.92 Å². The molecule has 122 valence electrons. The SMILES string of the molecule is Cc1cccc(NC(=O)c2ccnc(Nc3ccccc3C#N)n2)c1. The lowest BCUT2D eigenvalue weighted by atomic mass is 10.2. The molecule has 0 atom stereocenters. The van der Waals surface area contributed by atoms with Crippen LogP contribution >= 0.6 is 0 Å². The molecule has 0 unspecified atom stereocenters.